The summed E-state index contributed by atoms with van der Waals surface area (Å²) in [5.74, 6) is -0.844. The van der Waals surface area contributed by atoms with Crippen molar-refractivity contribution in [1.82, 2.24) is 9.88 Å². The van der Waals surface area contributed by atoms with Gasteiger partial charge in [0.15, 0.2) is 6.61 Å². The number of carbonyl (C=O) groups is 2. The van der Waals surface area contributed by atoms with E-state index in [9.17, 15) is 14.7 Å². The minimum atomic E-state index is -0.684. The molecule has 2 aromatic rings. The van der Waals surface area contributed by atoms with Crippen LogP contribution in [0.3, 0.4) is 0 Å². The molecule has 1 amide bonds. The second kappa shape index (κ2) is 8.67. The highest BCUT2D eigenvalue weighted by atomic mass is 16.5. The highest BCUT2D eigenvalue weighted by Crippen LogP contribution is 2.24. The first-order chi connectivity index (χ1) is 12.3. The second-order valence-electron chi connectivity index (χ2n) is 6.31. The maximum Gasteiger partial charge on any atom is 0.355 e. The number of nitrogens with one attached hydrogen (secondary N) is 1. The zero-order valence-electron chi connectivity index (χ0n) is 15.7. The summed E-state index contributed by atoms with van der Waals surface area (Å²) in [4.78, 5) is 29.3. The predicted octanol–water partition coefficient (Wildman–Crippen LogP) is 2.89. The summed E-state index contributed by atoms with van der Waals surface area (Å²) in [5, 5.41) is 9.81. The second-order valence-corrected chi connectivity index (χ2v) is 6.31. The number of aromatic nitrogens is 1. The van der Waals surface area contributed by atoms with Gasteiger partial charge in [0, 0.05) is 24.3 Å². The van der Waals surface area contributed by atoms with E-state index in [1.165, 1.54) is 0 Å². The summed E-state index contributed by atoms with van der Waals surface area (Å²) in [5.41, 5.74) is 3.34. The predicted molar refractivity (Wildman–Crippen MR) is 98.7 cm³/mol. The molecule has 0 aliphatic rings. The summed E-state index contributed by atoms with van der Waals surface area (Å²) in [6.45, 7) is 7.74. The molecule has 1 atom stereocenters. The van der Waals surface area contributed by atoms with Crippen LogP contribution in [0.25, 0.3) is 0 Å². The van der Waals surface area contributed by atoms with Crippen LogP contribution in [0, 0.1) is 13.8 Å². The molecular weight excluding hydrogens is 332 g/mol. The van der Waals surface area contributed by atoms with Crippen LogP contribution in [0.1, 0.15) is 52.8 Å². The molecule has 0 aliphatic heterocycles. The SMILES string of the molecule is CCN(Cc1ccccc1)C(=O)COC(=O)c1[nH]c(C)c([C@H](C)O)c1C. The molecule has 0 fully saturated rings. The maximum atomic E-state index is 12.4. The molecule has 0 radical (unpaired) electrons. The molecule has 1 aromatic heterocycles. The summed E-state index contributed by atoms with van der Waals surface area (Å²) in [6, 6.07) is 9.66. The fraction of sp³-hybridized carbons (Fsp3) is 0.400. The molecule has 1 aromatic carbocycles. The first-order valence-corrected chi connectivity index (χ1v) is 8.71. The Morgan fingerprint density at radius 2 is 1.88 bits per heavy atom. The fourth-order valence-electron chi connectivity index (χ4n) is 3.07. The number of benzene rings is 1. The van der Waals surface area contributed by atoms with Gasteiger partial charge in [0.1, 0.15) is 5.69 Å². The number of likely N-dealkylation sites (N-methyl/N-ethyl adjacent to an activating group) is 1. The molecule has 2 rings (SSSR count). The van der Waals surface area contributed by atoms with E-state index in [2.05, 4.69) is 4.98 Å². The monoisotopic (exact) mass is 358 g/mol. The van der Waals surface area contributed by atoms with Crippen LogP contribution in [-0.2, 0) is 16.1 Å². The van der Waals surface area contributed by atoms with Crippen LogP contribution in [0.4, 0.5) is 0 Å². The van der Waals surface area contributed by atoms with Crippen LogP contribution < -0.4 is 0 Å². The van der Waals surface area contributed by atoms with Crippen molar-refractivity contribution in [1.29, 1.82) is 0 Å². The molecule has 2 N–H and O–H groups in total. The third-order valence-electron chi connectivity index (χ3n) is 4.39. The van der Waals surface area contributed by atoms with Gasteiger partial charge in [-0.3, -0.25) is 4.79 Å². The number of aliphatic hydroxyl groups excluding tert-OH is 1. The molecule has 0 spiro atoms. The number of hydrogen-bond donors (Lipinski definition) is 2. The number of ether oxygens (including phenoxy) is 1. The van der Waals surface area contributed by atoms with Crippen molar-refractivity contribution in [3.8, 4) is 0 Å². The highest BCUT2D eigenvalue weighted by molar-refractivity contribution is 5.91. The van der Waals surface area contributed by atoms with Crippen molar-refractivity contribution in [2.45, 2.75) is 40.3 Å². The zero-order chi connectivity index (χ0) is 19.3. The number of hydrogen-bond acceptors (Lipinski definition) is 4. The van der Waals surface area contributed by atoms with Gasteiger partial charge in [-0.2, -0.15) is 0 Å². The molecular formula is C20H26N2O4. The molecule has 26 heavy (non-hydrogen) atoms. The van der Waals surface area contributed by atoms with Gasteiger partial charge in [0.2, 0.25) is 0 Å². The molecule has 1 heterocycles. The van der Waals surface area contributed by atoms with Crippen LogP contribution in [-0.4, -0.2) is 40.0 Å². The zero-order valence-corrected chi connectivity index (χ0v) is 15.7. The Labute approximate surface area is 153 Å². The van der Waals surface area contributed by atoms with Crippen molar-refractivity contribution < 1.29 is 19.4 Å². The molecule has 0 aliphatic carbocycles. The van der Waals surface area contributed by atoms with Gasteiger partial charge in [0.05, 0.1) is 6.10 Å². The maximum absolute atomic E-state index is 12.4. The lowest BCUT2D eigenvalue weighted by atomic mass is 10.1. The molecule has 140 valence electrons. The smallest absolute Gasteiger partial charge is 0.355 e. The minimum Gasteiger partial charge on any atom is -0.451 e. The molecule has 0 unspecified atom stereocenters. The van der Waals surface area contributed by atoms with Crippen LogP contribution >= 0.6 is 0 Å². The third kappa shape index (κ3) is 4.52. The number of esters is 1. The summed E-state index contributed by atoms with van der Waals surface area (Å²) in [7, 11) is 0. The lowest BCUT2D eigenvalue weighted by Crippen LogP contribution is -2.34. The van der Waals surface area contributed by atoms with E-state index >= 15 is 0 Å². The quantitative estimate of drug-likeness (QED) is 0.746. The van der Waals surface area contributed by atoms with E-state index in [-0.39, 0.29) is 18.2 Å². The Morgan fingerprint density at radius 1 is 1.23 bits per heavy atom. The standard InChI is InChI=1S/C20H26N2O4/c1-5-22(11-16-9-7-6-8-10-16)17(24)12-26-20(25)19-13(2)18(15(4)23)14(3)21-19/h6-10,15,21,23H,5,11-12H2,1-4H3/t15-/m0/s1. The Bertz CT molecular complexity index is 766. The number of aromatic amines is 1. The highest BCUT2D eigenvalue weighted by Gasteiger charge is 2.22. The van der Waals surface area contributed by atoms with Gasteiger partial charge in [-0.05, 0) is 38.8 Å². The number of nitrogens with zero attached hydrogens (tertiary/aromatic N) is 1. The van der Waals surface area contributed by atoms with Gasteiger partial charge in [-0.25, -0.2) is 4.79 Å². The lowest BCUT2D eigenvalue weighted by molar-refractivity contribution is -0.134. The minimum absolute atomic E-state index is 0.249. The van der Waals surface area contributed by atoms with Crippen LogP contribution in [0.2, 0.25) is 0 Å². The average molecular weight is 358 g/mol. The Hall–Kier alpha value is -2.60. The number of H-pyrrole nitrogens is 1. The average Bonchev–Trinajstić information content (AvgIpc) is 2.92. The summed E-state index contributed by atoms with van der Waals surface area (Å²) >= 11 is 0. The van der Waals surface area contributed by atoms with E-state index < -0.39 is 12.1 Å². The number of amides is 1. The number of rotatable bonds is 7. The van der Waals surface area contributed by atoms with Crippen molar-refractivity contribution in [2.75, 3.05) is 13.2 Å². The topological polar surface area (TPSA) is 82.6 Å². The molecule has 0 bridgehead atoms. The van der Waals surface area contributed by atoms with E-state index in [1.54, 1.807) is 25.7 Å². The van der Waals surface area contributed by atoms with Gasteiger partial charge in [0.25, 0.3) is 5.91 Å². The fourth-order valence-corrected chi connectivity index (χ4v) is 3.07. The number of aryl methyl sites for hydroxylation is 1. The molecule has 6 heteroatoms. The normalized spacial score (nSPS) is 11.9. The first kappa shape index (κ1) is 19.7. The third-order valence-corrected chi connectivity index (χ3v) is 4.39. The van der Waals surface area contributed by atoms with Gasteiger partial charge in [-0.1, -0.05) is 30.3 Å². The summed E-state index contributed by atoms with van der Waals surface area (Å²) < 4.78 is 5.20. The Morgan fingerprint density at radius 3 is 2.42 bits per heavy atom. The Balaban J connectivity index is 2.00. The van der Waals surface area contributed by atoms with Crippen molar-refractivity contribution in [3.63, 3.8) is 0 Å². The van der Waals surface area contributed by atoms with E-state index in [1.807, 2.05) is 37.3 Å². The van der Waals surface area contributed by atoms with Gasteiger partial charge in [-0.15, -0.1) is 0 Å². The van der Waals surface area contributed by atoms with Crippen LogP contribution in [0.15, 0.2) is 30.3 Å². The largest absolute Gasteiger partial charge is 0.451 e. The molecule has 0 saturated carbocycles. The van der Waals surface area contributed by atoms with E-state index in [0.717, 1.165) is 11.3 Å². The number of carbonyl (C=O) groups excluding carboxylic acids is 2. The van der Waals surface area contributed by atoms with E-state index in [4.69, 9.17) is 4.74 Å². The Kier molecular flexibility index (Phi) is 6.58. The number of aliphatic hydroxyl groups is 1. The summed E-state index contributed by atoms with van der Waals surface area (Å²) in [6.07, 6.45) is -0.684. The van der Waals surface area contributed by atoms with Crippen molar-refractivity contribution in [2.24, 2.45) is 0 Å². The molecule has 0 saturated heterocycles. The van der Waals surface area contributed by atoms with Gasteiger partial charge >= 0.3 is 5.97 Å². The van der Waals surface area contributed by atoms with Crippen molar-refractivity contribution >= 4 is 11.9 Å². The molecule has 6 nitrogen and oxygen atoms in total. The van der Waals surface area contributed by atoms with E-state index in [0.29, 0.717) is 24.2 Å². The first-order valence-electron chi connectivity index (χ1n) is 8.71. The van der Waals surface area contributed by atoms with Crippen LogP contribution in [0.5, 0.6) is 0 Å². The lowest BCUT2D eigenvalue weighted by Gasteiger charge is -2.20. The van der Waals surface area contributed by atoms with Crippen molar-refractivity contribution in [3.05, 3.63) is 58.4 Å². The van der Waals surface area contributed by atoms with Gasteiger partial charge < -0.3 is 19.7 Å².